The molecule has 0 aliphatic rings. The Morgan fingerprint density at radius 1 is 1.35 bits per heavy atom. The summed E-state index contributed by atoms with van der Waals surface area (Å²) < 4.78 is 5.06. The zero-order chi connectivity index (χ0) is 15.3. The van der Waals surface area contributed by atoms with Crippen LogP contribution in [0.4, 0.5) is 0 Å². The second kappa shape index (κ2) is 6.61. The van der Waals surface area contributed by atoms with Crippen molar-refractivity contribution in [3.63, 3.8) is 0 Å². The van der Waals surface area contributed by atoms with Crippen LogP contribution in [-0.4, -0.2) is 46.8 Å². The van der Waals surface area contributed by atoms with Crippen molar-refractivity contribution in [2.45, 2.75) is 32.7 Å². The van der Waals surface area contributed by atoms with Crippen molar-refractivity contribution in [3.8, 4) is 11.5 Å². The summed E-state index contributed by atoms with van der Waals surface area (Å²) in [6.45, 7) is 6.94. The van der Waals surface area contributed by atoms with Crippen LogP contribution in [0.2, 0.25) is 0 Å². The Kier molecular flexibility index (Phi) is 5.39. The predicted molar refractivity (Wildman–Crippen MR) is 77.3 cm³/mol. The lowest BCUT2D eigenvalue weighted by Crippen LogP contribution is -2.53. The fraction of sp³-hybridized carbons (Fsp3) is 0.533. The molecule has 0 saturated heterocycles. The van der Waals surface area contributed by atoms with E-state index in [0.29, 0.717) is 25.3 Å². The molecule has 1 unspecified atom stereocenters. The molecule has 0 aliphatic heterocycles. The molecule has 2 N–H and O–H groups in total. The molecule has 0 radical (unpaired) electrons. The summed E-state index contributed by atoms with van der Waals surface area (Å²) >= 11 is 0. The number of hydrogen-bond acceptors (Lipinski definition) is 4. The number of carbonyl (C=O) groups is 1. The topological polar surface area (TPSA) is 70.0 Å². The minimum Gasteiger partial charge on any atom is -0.504 e. The lowest BCUT2D eigenvalue weighted by Gasteiger charge is -2.36. The highest BCUT2D eigenvalue weighted by atomic mass is 16.5. The monoisotopic (exact) mass is 281 g/mol. The highest BCUT2D eigenvalue weighted by molar-refractivity contribution is 5.78. The molecule has 1 atom stereocenters. The van der Waals surface area contributed by atoms with Crippen LogP contribution in [0.25, 0.3) is 0 Å². The summed E-state index contributed by atoms with van der Waals surface area (Å²) in [4.78, 5) is 13.6. The van der Waals surface area contributed by atoms with Gasteiger partial charge in [0, 0.05) is 6.42 Å². The zero-order valence-electron chi connectivity index (χ0n) is 12.5. The van der Waals surface area contributed by atoms with E-state index in [9.17, 15) is 15.0 Å². The van der Waals surface area contributed by atoms with Crippen LogP contribution in [0.3, 0.4) is 0 Å². The van der Waals surface area contributed by atoms with E-state index >= 15 is 0 Å². The number of methoxy groups -OCH3 is 1. The highest BCUT2D eigenvalue weighted by Crippen LogP contribution is 2.29. The van der Waals surface area contributed by atoms with Crippen LogP contribution in [0.5, 0.6) is 11.5 Å². The van der Waals surface area contributed by atoms with Gasteiger partial charge in [-0.1, -0.05) is 19.9 Å². The third-order valence-electron chi connectivity index (χ3n) is 3.71. The number of phenolic OH excluding ortho intramolecular Hbond substituents is 1. The smallest absolute Gasteiger partial charge is 0.324 e. The van der Waals surface area contributed by atoms with Gasteiger partial charge < -0.3 is 14.9 Å². The zero-order valence-corrected chi connectivity index (χ0v) is 12.5. The van der Waals surface area contributed by atoms with Gasteiger partial charge in [0.15, 0.2) is 11.5 Å². The quantitative estimate of drug-likeness (QED) is 0.801. The Morgan fingerprint density at radius 3 is 2.40 bits per heavy atom. The van der Waals surface area contributed by atoms with Gasteiger partial charge in [0.25, 0.3) is 0 Å². The molecule has 0 heterocycles. The van der Waals surface area contributed by atoms with Crippen LogP contribution >= 0.6 is 0 Å². The maximum absolute atomic E-state index is 11.7. The first-order valence-corrected chi connectivity index (χ1v) is 6.73. The van der Waals surface area contributed by atoms with Crippen molar-refractivity contribution in [1.82, 2.24) is 4.90 Å². The van der Waals surface area contributed by atoms with E-state index in [-0.39, 0.29) is 5.75 Å². The summed E-state index contributed by atoms with van der Waals surface area (Å²) in [5.41, 5.74) is -0.165. The summed E-state index contributed by atoms with van der Waals surface area (Å²) in [7, 11) is 1.47. The standard InChI is InChI=1S/C15H23NO4/c1-5-16(6-2)15(3,14(18)19)10-11-7-8-12(17)13(9-11)20-4/h7-9,17H,5-6,10H2,1-4H3,(H,18,19). The normalized spacial score (nSPS) is 14.1. The molecule has 1 aromatic rings. The third-order valence-corrected chi connectivity index (χ3v) is 3.71. The van der Waals surface area contributed by atoms with Crippen molar-refractivity contribution < 1.29 is 19.7 Å². The molecule has 0 bridgehead atoms. The molecule has 20 heavy (non-hydrogen) atoms. The number of likely N-dealkylation sites (N-methyl/N-ethyl adjacent to an activating group) is 1. The number of hydrogen-bond donors (Lipinski definition) is 2. The van der Waals surface area contributed by atoms with Gasteiger partial charge in [0.1, 0.15) is 5.54 Å². The van der Waals surface area contributed by atoms with Gasteiger partial charge in [-0.3, -0.25) is 9.69 Å². The largest absolute Gasteiger partial charge is 0.504 e. The summed E-state index contributed by atoms with van der Waals surface area (Å²) in [6.07, 6.45) is 0.348. The number of carboxylic acid groups (broad SMARTS) is 1. The van der Waals surface area contributed by atoms with Crippen molar-refractivity contribution in [3.05, 3.63) is 23.8 Å². The van der Waals surface area contributed by atoms with Crippen molar-refractivity contribution in [2.24, 2.45) is 0 Å². The van der Waals surface area contributed by atoms with Gasteiger partial charge in [0.05, 0.1) is 7.11 Å². The van der Waals surface area contributed by atoms with E-state index < -0.39 is 11.5 Å². The summed E-state index contributed by atoms with van der Waals surface area (Å²) in [5, 5.41) is 19.2. The molecule has 0 fully saturated rings. The molecule has 1 aromatic carbocycles. The number of benzene rings is 1. The van der Waals surface area contributed by atoms with Gasteiger partial charge in [-0.25, -0.2) is 0 Å². The van der Waals surface area contributed by atoms with Crippen LogP contribution in [0.1, 0.15) is 26.3 Å². The Hall–Kier alpha value is -1.75. The fourth-order valence-corrected chi connectivity index (χ4v) is 2.47. The van der Waals surface area contributed by atoms with Crippen LogP contribution in [0.15, 0.2) is 18.2 Å². The highest BCUT2D eigenvalue weighted by Gasteiger charge is 2.38. The van der Waals surface area contributed by atoms with Crippen LogP contribution < -0.4 is 4.74 Å². The van der Waals surface area contributed by atoms with Gasteiger partial charge in [0.2, 0.25) is 0 Å². The molecular formula is C15H23NO4. The molecule has 0 saturated carbocycles. The summed E-state index contributed by atoms with van der Waals surface area (Å²) in [6, 6.07) is 4.93. The lowest BCUT2D eigenvalue weighted by molar-refractivity contribution is -0.150. The molecule has 0 aromatic heterocycles. The van der Waals surface area contributed by atoms with Crippen LogP contribution in [0, 0.1) is 0 Å². The Bertz CT molecular complexity index is 471. The second-order valence-electron chi connectivity index (χ2n) is 4.93. The first-order chi connectivity index (χ1) is 9.38. The molecular weight excluding hydrogens is 258 g/mol. The minimum absolute atomic E-state index is 0.0520. The molecule has 1 rings (SSSR count). The first-order valence-electron chi connectivity index (χ1n) is 6.73. The minimum atomic E-state index is -0.981. The van der Waals surface area contributed by atoms with Gasteiger partial charge in [-0.15, -0.1) is 0 Å². The number of rotatable bonds is 7. The Morgan fingerprint density at radius 2 is 1.95 bits per heavy atom. The maximum atomic E-state index is 11.7. The fourth-order valence-electron chi connectivity index (χ4n) is 2.47. The average Bonchev–Trinajstić information content (AvgIpc) is 2.42. The third kappa shape index (κ3) is 3.22. The van der Waals surface area contributed by atoms with Crippen molar-refractivity contribution >= 4 is 5.97 Å². The van der Waals surface area contributed by atoms with E-state index in [0.717, 1.165) is 5.56 Å². The molecule has 112 valence electrons. The van der Waals surface area contributed by atoms with E-state index in [1.807, 2.05) is 18.7 Å². The number of carboxylic acids is 1. The van der Waals surface area contributed by atoms with Crippen molar-refractivity contribution in [2.75, 3.05) is 20.2 Å². The van der Waals surface area contributed by atoms with Crippen LogP contribution in [-0.2, 0) is 11.2 Å². The number of ether oxygens (including phenoxy) is 1. The van der Waals surface area contributed by atoms with E-state index in [1.54, 1.807) is 19.1 Å². The van der Waals surface area contributed by atoms with E-state index in [2.05, 4.69) is 0 Å². The molecule has 0 spiro atoms. The SMILES string of the molecule is CCN(CC)C(C)(Cc1ccc(O)c(OC)c1)C(=O)O. The summed E-state index contributed by atoms with van der Waals surface area (Å²) in [5.74, 6) is -0.445. The van der Waals surface area contributed by atoms with E-state index in [4.69, 9.17) is 4.74 Å². The molecule has 5 heteroatoms. The maximum Gasteiger partial charge on any atom is 0.324 e. The van der Waals surface area contributed by atoms with Crippen molar-refractivity contribution in [1.29, 1.82) is 0 Å². The molecule has 5 nitrogen and oxygen atoms in total. The molecule has 0 aliphatic carbocycles. The lowest BCUT2D eigenvalue weighted by atomic mass is 9.90. The number of aliphatic carboxylic acids is 1. The van der Waals surface area contributed by atoms with Gasteiger partial charge in [-0.2, -0.15) is 0 Å². The predicted octanol–water partition coefficient (Wildman–Crippen LogP) is 2.13. The Labute approximate surface area is 119 Å². The molecule has 0 amide bonds. The Balaban J connectivity index is 3.11. The number of phenols is 1. The number of aromatic hydroxyl groups is 1. The first kappa shape index (κ1) is 16.3. The average molecular weight is 281 g/mol. The van der Waals surface area contributed by atoms with E-state index in [1.165, 1.54) is 13.2 Å². The van der Waals surface area contributed by atoms with Gasteiger partial charge in [-0.05, 0) is 37.7 Å². The second-order valence-corrected chi connectivity index (χ2v) is 4.93. The van der Waals surface area contributed by atoms with Gasteiger partial charge >= 0.3 is 5.97 Å². The number of nitrogens with zero attached hydrogens (tertiary/aromatic N) is 1.